The number of benzene rings is 1. The van der Waals surface area contributed by atoms with Crippen molar-refractivity contribution in [1.82, 2.24) is 10.2 Å². The first-order valence-corrected chi connectivity index (χ1v) is 6.78. The van der Waals surface area contributed by atoms with Crippen LogP contribution in [0.2, 0.25) is 5.02 Å². The number of rotatable bonds is 3. The fourth-order valence-electron chi connectivity index (χ4n) is 2.48. The predicted molar refractivity (Wildman–Crippen MR) is 84.1 cm³/mol. The van der Waals surface area contributed by atoms with E-state index in [-0.39, 0.29) is 42.9 Å². The molecule has 0 spiro atoms. The highest BCUT2D eigenvalue weighted by Crippen LogP contribution is 2.39. The second kappa shape index (κ2) is 9.22. The van der Waals surface area contributed by atoms with Crippen LogP contribution >= 0.6 is 36.4 Å². The lowest BCUT2D eigenvalue weighted by molar-refractivity contribution is -0.139. The van der Waals surface area contributed by atoms with Crippen LogP contribution in [0.15, 0.2) is 18.2 Å². The van der Waals surface area contributed by atoms with E-state index < -0.39 is 29.8 Å². The highest BCUT2D eigenvalue weighted by molar-refractivity contribution is 6.30. The maximum Gasteiger partial charge on any atom is 0.416 e. The first-order valence-electron chi connectivity index (χ1n) is 6.40. The quantitative estimate of drug-likeness (QED) is 0.755. The molecule has 1 aliphatic rings. The monoisotopic (exact) mass is 400 g/mol. The smallest absolute Gasteiger partial charge is 0.314 e. The van der Waals surface area contributed by atoms with Crippen molar-refractivity contribution in [3.63, 3.8) is 0 Å². The van der Waals surface area contributed by atoms with Gasteiger partial charge in [-0.25, -0.2) is 8.78 Å². The highest BCUT2D eigenvalue weighted by atomic mass is 35.5. The summed E-state index contributed by atoms with van der Waals surface area (Å²) in [4.78, 5) is 1.37. The zero-order valence-corrected chi connectivity index (χ0v) is 14.1. The van der Waals surface area contributed by atoms with Gasteiger partial charge in [0.1, 0.15) is 0 Å². The van der Waals surface area contributed by atoms with Crippen molar-refractivity contribution in [2.75, 3.05) is 26.2 Å². The summed E-state index contributed by atoms with van der Waals surface area (Å²) in [5.41, 5.74) is -1.53. The molecular formula is C13H16Cl3F5N2. The van der Waals surface area contributed by atoms with Gasteiger partial charge in [0, 0.05) is 31.2 Å². The Labute approximate surface area is 148 Å². The lowest BCUT2D eigenvalue weighted by Gasteiger charge is -2.35. The minimum Gasteiger partial charge on any atom is -0.314 e. The molecular weight excluding hydrogens is 386 g/mol. The van der Waals surface area contributed by atoms with E-state index in [9.17, 15) is 22.0 Å². The number of hydrogen-bond donors (Lipinski definition) is 1. The lowest BCUT2D eigenvalue weighted by Crippen LogP contribution is -2.47. The SMILES string of the molecule is Cl.Cl.FC(F)[C@H](c1ccc(Cl)cc1C(F)(F)F)N1CCNCC1. The van der Waals surface area contributed by atoms with E-state index >= 15 is 0 Å². The molecule has 10 heteroatoms. The van der Waals surface area contributed by atoms with Crippen LogP contribution in [-0.4, -0.2) is 37.5 Å². The standard InChI is InChI=1S/C13H14ClF5N2.2ClH/c14-8-1-2-9(10(7-8)13(17,18)19)11(12(15)16)21-5-3-20-4-6-21;;/h1-2,7,11-12,20H,3-6H2;2*1H/t11-;;/m0../s1. The molecule has 1 heterocycles. The van der Waals surface area contributed by atoms with E-state index in [1.54, 1.807) is 0 Å². The Morgan fingerprint density at radius 1 is 1.09 bits per heavy atom. The van der Waals surface area contributed by atoms with Crippen molar-refractivity contribution in [3.05, 3.63) is 34.3 Å². The van der Waals surface area contributed by atoms with E-state index in [2.05, 4.69) is 5.32 Å². The van der Waals surface area contributed by atoms with Gasteiger partial charge in [-0.05, 0) is 17.7 Å². The first-order chi connectivity index (χ1) is 9.80. The van der Waals surface area contributed by atoms with Crippen LogP contribution in [0.1, 0.15) is 17.2 Å². The second-order valence-corrected chi connectivity index (χ2v) is 5.23. The zero-order chi connectivity index (χ0) is 15.6. The first kappa shape index (κ1) is 22.7. The summed E-state index contributed by atoms with van der Waals surface area (Å²) >= 11 is 5.58. The van der Waals surface area contributed by atoms with Gasteiger partial charge in [-0.15, -0.1) is 24.8 Å². The zero-order valence-electron chi connectivity index (χ0n) is 11.7. The largest absolute Gasteiger partial charge is 0.416 e. The number of nitrogens with one attached hydrogen (secondary N) is 1. The summed E-state index contributed by atoms with van der Waals surface area (Å²) in [5.74, 6) is 0. The van der Waals surface area contributed by atoms with Crippen LogP contribution in [0.4, 0.5) is 22.0 Å². The van der Waals surface area contributed by atoms with Gasteiger partial charge in [0.25, 0.3) is 6.43 Å². The minimum atomic E-state index is -4.72. The van der Waals surface area contributed by atoms with Crippen molar-refractivity contribution in [2.24, 2.45) is 0 Å². The molecule has 23 heavy (non-hydrogen) atoms. The van der Waals surface area contributed by atoms with Crippen molar-refractivity contribution in [1.29, 1.82) is 0 Å². The summed E-state index contributed by atoms with van der Waals surface area (Å²) in [7, 11) is 0. The van der Waals surface area contributed by atoms with Gasteiger partial charge in [-0.2, -0.15) is 13.2 Å². The van der Waals surface area contributed by atoms with Crippen molar-refractivity contribution < 1.29 is 22.0 Å². The number of halogens is 8. The maximum absolute atomic E-state index is 13.4. The van der Waals surface area contributed by atoms with Crippen molar-refractivity contribution >= 4 is 36.4 Å². The lowest BCUT2D eigenvalue weighted by atomic mass is 9.98. The molecule has 1 aromatic carbocycles. The van der Waals surface area contributed by atoms with E-state index in [4.69, 9.17) is 11.6 Å². The van der Waals surface area contributed by atoms with Gasteiger partial charge >= 0.3 is 6.18 Å². The van der Waals surface area contributed by atoms with Gasteiger partial charge in [0.2, 0.25) is 0 Å². The van der Waals surface area contributed by atoms with E-state index in [0.29, 0.717) is 19.2 Å². The summed E-state index contributed by atoms with van der Waals surface area (Å²) in [6.45, 7) is 1.49. The van der Waals surface area contributed by atoms with Crippen LogP contribution < -0.4 is 5.32 Å². The molecule has 0 aromatic heterocycles. The second-order valence-electron chi connectivity index (χ2n) is 4.79. The molecule has 2 nitrogen and oxygen atoms in total. The number of piperazine rings is 1. The molecule has 1 aromatic rings. The van der Waals surface area contributed by atoms with Crippen LogP contribution in [-0.2, 0) is 6.18 Å². The van der Waals surface area contributed by atoms with Crippen molar-refractivity contribution in [2.45, 2.75) is 18.6 Å². The Hall–Kier alpha value is -0.340. The van der Waals surface area contributed by atoms with Gasteiger partial charge in [0.15, 0.2) is 0 Å². The minimum absolute atomic E-state index is 0. The average Bonchev–Trinajstić information content (AvgIpc) is 2.40. The van der Waals surface area contributed by atoms with Crippen LogP contribution in [0.3, 0.4) is 0 Å². The van der Waals surface area contributed by atoms with Crippen molar-refractivity contribution in [3.8, 4) is 0 Å². The summed E-state index contributed by atoms with van der Waals surface area (Å²) in [6.07, 6.45) is -7.63. The third-order valence-electron chi connectivity index (χ3n) is 3.42. The van der Waals surface area contributed by atoms with E-state index in [1.807, 2.05) is 0 Å². The number of nitrogens with zero attached hydrogens (tertiary/aromatic N) is 1. The van der Waals surface area contributed by atoms with Gasteiger partial charge < -0.3 is 5.32 Å². The molecule has 0 bridgehead atoms. The molecule has 0 unspecified atom stereocenters. The maximum atomic E-state index is 13.4. The molecule has 1 aliphatic heterocycles. The van der Waals surface area contributed by atoms with E-state index in [0.717, 1.165) is 6.07 Å². The van der Waals surface area contributed by atoms with Crippen LogP contribution in [0, 0.1) is 0 Å². The van der Waals surface area contributed by atoms with Gasteiger partial charge in [-0.1, -0.05) is 17.7 Å². The average molecular weight is 402 g/mol. The van der Waals surface area contributed by atoms with Gasteiger partial charge in [0.05, 0.1) is 11.6 Å². The predicted octanol–water partition coefficient (Wildman–Crippen LogP) is 4.41. The third-order valence-corrected chi connectivity index (χ3v) is 3.66. The molecule has 2 rings (SSSR count). The summed E-state index contributed by atoms with van der Waals surface area (Å²) < 4.78 is 66.0. The molecule has 1 N–H and O–H groups in total. The summed E-state index contributed by atoms with van der Waals surface area (Å²) in [5, 5.41) is 2.86. The molecule has 0 saturated carbocycles. The Kier molecular flexibility index (Phi) is 9.09. The topological polar surface area (TPSA) is 15.3 Å². The molecule has 0 radical (unpaired) electrons. The molecule has 0 aliphatic carbocycles. The van der Waals surface area contributed by atoms with E-state index in [1.165, 1.54) is 11.0 Å². The highest BCUT2D eigenvalue weighted by Gasteiger charge is 2.40. The van der Waals surface area contributed by atoms with Gasteiger partial charge in [-0.3, -0.25) is 4.90 Å². The molecule has 1 atom stereocenters. The third kappa shape index (κ3) is 5.60. The Morgan fingerprint density at radius 2 is 1.65 bits per heavy atom. The molecule has 0 amide bonds. The molecule has 134 valence electrons. The normalized spacial score (nSPS) is 17.3. The summed E-state index contributed by atoms with van der Waals surface area (Å²) in [6, 6.07) is 1.38. The Bertz CT molecular complexity index is 493. The number of hydrogen-bond acceptors (Lipinski definition) is 2. The fraction of sp³-hybridized carbons (Fsp3) is 0.538. The van der Waals surface area contributed by atoms with Crippen LogP contribution in [0.5, 0.6) is 0 Å². The molecule has 1 fully saturated rings. The Balaban J connectivity index is 0.00000242. The number of alkyl halides is 5. The fourth-order valence-corrected chi connectivity index (χ4v) is 2.66. The Morgan fingerprint density at radius 3 is 2.13 bits per heavy atom. The van der Waals surface area contributed by atoms with Crippen LogP contribution in [0.25, 0.3) is 0 Å². The molecule has 1 saturated heterocycles.